The first-order chi connectivity index (χ1) is 9.13. The third-order valence-corrected chi connectivity index (χ3v) is 5.89. The van der Waals surface area contributed by atoms with Gasteiger partial charge in [-0.3, -0.25) is 0 Å². The molecule has 3 heteroatoms. The van der Waals surface area contributed by atoms with Crippen molar-refractivity contribution < 1.29 is 4.52 Å². The summed E-state index contributed by atoms with van der Waals surface area (Å²) in [4.78, 5) is 0. The van der Waals surface area contributed by atoms with E-state index in [4.69, 9.17) is 10.3 Å². The fourth-order valence-corrected chi connectivity index (χ4v) is 5.47. The van der Waals surface area contributed by atoms with Crippen LogP contribution in [0.1, 0.15) is 69.0 Å². The highest BCUT2D eigenvalue weighted by atomic mass is 16.5. The van der Waals surface area contributed by atoms with Crippen LogP contribution >= 0.6 is 0 Å². The maximum atomic E-state index is 6.13. The monoisotopic (exact) mass is 260 g/mol. The molecule has 4 bridgehead atoms. The summed E-state index contributed by atoms with van der Waals surface area (Å²) in [5.41, 5.74) is 8.53. The molecule has 19 heavy (non-hydrogen) atoms. The minimum atomic E-state index is 0.410. The summed E-state index contributed by atoms with van der Waals surface area (Å²) in [6, 6.07) is 0. The highest BCUT2D eigenvalue weighted by Crippen LogP contribution is 2.61. The number of hydrogen-bond donors (Lipinski definition) is 1. The molecule has 0 aromatic carbocycles. The smallest absolute Gasteiger partial charge is 0.225 e. The van der Waals surface area contributed by atoms with Crippen LogP contribution < -0.4 is 5.73 Å². The predicted molar refractivity (Wildman–Crippen MR) is 74.8 cm³/mol. The zero-order chi connectivity index (χ0) is 13.1. The lowest BCUT2D eigenvalue weighted by Gasteiger charge is -2.54. The molecule has 4 aliphatic rings. The number of anilines is 1. The number of hydrogen-bond acceptors (Lipinski definition) is 3. The molecule has 0 spiro atoms. The summed E-state index contributed by atoms with van der Waals surface area (Å²) in [6.45, 7) is 4.38. The van der Waals surface area contributed by atoms with E-state index in [9.17, 15) is 0 Å². The van der Waals surface area contributed by atoms with Gasteiger partial charge in [-0.25, -0.2) is 0 Å². The van der Waals surface area contributed by atoms with Crippen molar-refractivity contribution in [3.05, 3.63) is 11.3 Å². The second kappa shape index (κ2) is 4.00. The van der Waals surface area contributed by atoms with Gasteiger partial charge in [0, 0.05) is 5.56 Å². The molecule has 0 radical (unpaired) electrons. The third kappa shape index (κ3) is 1.66. The fraction of sp³-hybridized carbons (Fsp3) is 0.812. The molecular weight excluding hydrogens is 236 g/mol. The molecule has 4 aliphatic carbocycles. The summed E-state index contributed by atoms with van der Waals surface area (Å²) in [5, 5.41) is 4.25. The lowest BCUT2D eigenvalue weighted by molar-refractivity contribution is -0.00297. The zero-order valence-corrected chi connectivity index (χ0v) is 11.9. The van der Waals surface area contributed by atoms with Gasteiger partial charge in [0.2, 0.25) is 5.88 Å². The van der Waals surface area contributed by atoms with E-state index in [-0.39, 0.29) is 0 Å². The van der Waals surface area contributed by atoms with Gasteiger partial charge in [0.1, 0.15) is 0 Å². The van der Waals surface area contributed by atoms with Crippen LogP contribution in [0.15, 0.2) is 4.52 Å². The highest BCUT2D eigenvalue weighted by Gasteiger charge is 2.50. The van der Waals surface area contributed by atoms with E-state index in [0.29, 0.717) is 17.7 Å². The second-order valence-electron chi connectivity index (χ2n) is 7.46. The average Bonchev–Trinajstić information content (AvgIpc) is 2.70. The minimum Gasteiger partial charge on any atom is -0.367 e. The fourth-order valence-electron chi connectivity index (χ4n) is 5.47. The Hall–Kier alpha value is -0.990. The molecule has 0 saturated heterocycles. The molecule has 0 aliphatic heterocycles. The quantitative estimate of drug-likeness (QED) is 0.876. The molecule has 4 fully saturated rings. The Morgan fingerprint density at radius 3 is 2.16 bits per heavy atom. The molecule has 104 valence electrons. The van der Waals surface area contributed by atoms with Crippen LogP contribution in [0, 0.1) is 23.7 Å². The Kier molecular flexibility index (Phi) is 2.49. The van der Waals surface area contributed by atoms with E-state index in [2.05, 4.69) is 19.0 Å². The first kappa shape index (κ1) is 11.8. The van der Waals surface area contributed by atoms with Gasteiger partial charge >= 0.3 is 0 Å². The zero-order valence-electron chi connectivity index (χ0n) is 11.9. The predicted octanol–water partition coefficient (Wildman–Crippen LogP) is 3.92. The molecule has 1 aromatic rings. The van der Waals surface area contributed by atoms with E-state index in [1.807, 2.05) is 0 Å². The Labute approximate surface area is 114 Å². The summed E-state index contributed by atoms with van der Waals surface area (Å²) < 4.78 is 5.34. The Balaban J connectivity index is 1.75. The van der Waals surface area contributed by atoms with Crippen LogP contribution in [0.4, 0.5) is 5.88 Å². The number of rotatable bonds is 2. The molecule has 0 unspecified atom stereocenters. The maximum absolute atomic E-state index is 6.13. The van der Waals surface area contributed by atoms with E-state index in [1.54, 1.807) is 0 Å². The molecule has 5 rings (SSSR count). The van der Waals surface area contributed by atoms with E-state index in [1.165, 1.54) is 37.7 Å². The molecular formula is C16H24N2O. The molecule has 2 N–H and O–H groups in total. The number of nitrogen functional groups attached to an aromatic ring is 1. The van der Waals surface area contributed by atoms with Crippen molar-refractivity contribution in [3.8, 4) is 0 Å². The minimum absolute atomic E-state index is 0.410. The summed E-state index contributed by atoms with van der Waals surface area (Å²) in [7, 11) is 0. The van der Waals surface area contributed by atoms with Crippen molar-refractivity contribution in [1.29, 1.82) is 0 Å². The van der Waals surface area contributed by atoms with Crippen molar-refractivity contribution >= 4 is 5.88 Å². The van der Waals surface area contributed by atoms with Gasteiger partial charge in [0.15, 0.2) is 0 Å². The highest BCUT2D eigenvalue weighted by molar-refractivity contribution is 5.44. The van der Waals surface area contributed by atoms with Crippen LogP contribution in [-0.2, 0) is 0 Å². The van der Waals surface area contributed by atoms with Crippen LogP contribution in [0.2, 0.25) is 0 Å². The van der Waals surface area contributed by atoms with Crippen LogP contribution in [0.3, 0.4) is 0 Å². The molecule has 1 heterocycles. The first-order valence-corrected chi connectivity index (χ1v) is 7.88. The van der Waals surface area contributed by atoms with Gasteiger partial charge in [-0.2, -0.15) is 0 Å². The van der Waals surface area contributed by atoms with E-state index in [0.717, 1.165) is 29.4 Å². The van der Waals surface area contributed by atoms with Gasteiger partial charge in [-0.05, 0) is 67.6 Å². The SMILES string of the molecule is CC(C)c1noc(N)c1C1C2CC3CC(C2)CC1C3. The summed E-state index contributed by atoms with van der Waals surface area (Å²) in [5.74, 6) is 5.33. The van der Waals surface area contributed by atoms with Crippen molar-refractivity contribution in [2.45, 2.75) is 57.8 Å². The van der Waals surface area contributed by atoms with Gasteiger partial charge < -0.3 is 10.3 Å². The van der Waals surface area contributed by atoms with Gasteiger partial charge in [0.25, 0.3) is 0 Å². The topological polar surface area (TPSA) is 52.0 Å². The van der Waals surface area contributed by atoms with Crippen molar-refractivity contribution in [1.82, 2.24) is 5.16 Å². The van der Waals surface area contributed by atoms with Gasteiger partial charge in [0.05, 0.1) is 5.69 Å². The van der Waals surface area contributed by atoms with Crippen LogP contribution in [-0.4, -0.2) is 5.16 Å². The number of nitrogens with zero attached hydrogens (tertiary/aromatic N) is 1. The van der Waals surface area contributed by atoms with Gasteiger partial charge in [-0.1, -0.05) is 19.0 Å². The molecule has 0 atom stereocenters. The maximum Gasteiger partial charge on any atom is 0.225 e. The van der Waals surface area contributed by atoms with Crippen molar-refractivity contribution in [2.24, 2.45) is 23.7 Å². The lowest BCUT2D eigenvalue weighted by Crippen LogP contribution is -2.44. The molecule has 3 nitrogen and oxygen atoms in total. The van der Waals surface area contributed by atoms with E-state index >= 15 is 0 Å². The standard InChI is InChI=1S/C16H24N2O/c1-8(2)15-14(16(17)19-18-15)13-11-4-9-3-10(6-11)7-12(13)5-9/h8-13H,3-7,17H2,1-2H3. The second-order valence-corrected chi connectivity index (χ2v) is 7.46. The van der Waals surface area contributed by atoms with Crippen LogP contribution in [0.25, 0.3) is 0 Å². The largest absolute Gasteiger partial charge is 0.367 e. The average molecular weight is 260 g/mol. The number of nitrogens with two attached hydrogens (primary N) is 1. The van der Waals surface area contributed by atoms with Crippen LogP contribution in [0.5, 0.6) is 0 Å². The first-order valence-electron chi connectivity index (χ1n) is 7.88. The molecule has 4 saturated carbocycles. The Morgan fingerprint density at radius 2 is 1.63 bits per heavy atom. The van der Waals surface area contributed by atoms with Crippen molar-refractivity contribution in [2.75, 3.05) is 5.73 Å². The molecule has 1 aromatic heterocycles. The number of aromatic nitrogens is 1. The normalized spacial score (nSPS) is 40.3. The summed E-state index contributed by atoms with van der Waals surface area (Å²) in [6.07, 6.45) is 7.16. The third-order valence-electron chi connectivity index (χ3n) is 5.89. The molecule has 0 amide bonds. The Bertz CT molecular complexity index is 463. The Morgan fingerprint density at radius 1 is 1.05 bits per heavy atom. The van der Waals surface area contributed by atoms with Crippen molar-refractivity contribution in [3.63, 3.8) is 0 Å². The summed E-state index contributed by atoms with van der Waals surface area (Å²) >= 11 is 0. The van der Waals surface area contributed by atoms with E-state index < -0.39 is 0 Å². The van der Waals surface area contributed by atoms with Gasteiger partial charge in [-0.15, -0.1) is 0 Å². The lowest BCUT2D eigenvalue weighted by atomic mass is 9.50.